The van der Waals surface area contributed by atoms with Gasteiger partial charge in [-0.05, 0) is 37.6 Å². The number of rotatable bonds is 4. The van der Waals surface area contributed by atoms with Gasteiger partial charge in [0.15, 0.2) is 0 Å². The van der Waals surface area contributed by atoms with E-state index in [4.69, 9.17) is 11.6 Å². The fourth-order valence-corrected chi connectivity index (χ4v) is 6.59. The maximum Gasteiger partial charge on any atom is 0.257 e. The van der Waals surface area contributed by atoms with Crippen LogP contribution in [0.3, 0.4) is 0 Å². The van der Waals surface area contributed by atoms with Crippen molar-refractivity contribution in [1.29, 1.82) is 0 Å². The number of carbonyl (C=O) groups is 1. The van der Waals surface area contributed by atoms with Crippen LogP contribution >= 0.6 is 22.9 Å². The first kappa shape index (κ1) is 21.0. The van der Waals surface area contributed by atoms with Gasteiger partial charge in [-0.2, -0.15) is 9.40 Å². The van der Waals surface area contributed by atoms with Gasteiger partial charge < -0.3 is 4.90 Å². The van der Waals surface area contributed by atoms with E-state index in [2.05, 4.69) is 5.10 Å². The fraction of sp³-hybridized carbons (Fsp3) is 0.300. The molecule has 0 saturated carbocycles. The third kappa shape index (κ3) is 3.78. The van der Waals surface area contributed by atoms with Gasteiger partial charge >= 0.3 is 0 Å². The molecule has 4 rings (SSSR count). The van der Waals surface area contributed by atoms with Crippen molar-refractivity contribution >= 4 is 38.9 Å². The molecule has 1 amide bonds. The van der Waals surface area contributed by atoms with Crippen molar-refractivity contribution in [2.45, 2.75) is 18.1 Å². The van der Waals surface area contributed by atoms with Gasteiger partial charge in [0.1, 0.15) is 4.21 Å². The van der Waals surface area contributed by atoms with Crippen molar-refractivity contribution < 1.29 is 13.2 Å². The maximum atomic E-state index is 13.1. The lowest BCUT2D eigenvalue weighted by Gasteiger charge is -2.33. The third-order valence-corrected chi connectivity index (χ3v) is 8.85. The van der Waals surface area contributed by atoms with Crippen LogP contribution in [0.1, 0.15) is 21.6 Å². The second-order valence-corrected chi connectivity index (χ2v) is 11.0. The Bertz CT molecular complexity index is 1190. The largest absolute Gasteiger partial charge is 0.336 e. The van der Waals surface area contributed by atoms with E-state index in [1.165, 1.54) is 10.4 Å². The first-order valence-corrected chi connectivity index (χ1v) is 12.1. The topological polar surface area (TPSA) is 75.5 Å². The van der Waals surface area contributed by atoms with Gasteiger partial charge in [-0.3, -0.25) is 4.79 Å². The molecule has 0 spiro atoms. The van der Waals surface area contributed by atoms with Crippen molar-refractivity contribution in [2.75, 3.05) is 26.2 Å². The van der Waals surface area contributed by atoms with Crippen molar-refractivity contribution in [3.8, 4) is 5.69 Å². The summed E-state index contributed by atoms with van der Waals surface area (Å²) in [6.45, 7) is 5.01. The fourth-order valence-electron chi connectivity index (χ4n) is 3.53. The molecule has 3 aromatic rings. The van der Waals surface area contributed by atoms with Gasteiger partial charge in [-0.25, -0.2) is 13.1 Å². The average Bonchev–Trinajstić information content (AvgIpc) is 3.34. The summed E-state index contributed by atoms with van der Waals surface area (Å²) in [5.74, 6) is -0.136. The quantitative estimate of drug-likeness (QED) is 0.593. The zero-order valence-electron chi connectivity index (χ0n) is 16.6. The van der Waals surface area contributed by atoms with Crippen LogP contribution in [0.2, 0.25) is 4.34 Å². The minimum atomic E-state index is -3.59. The molecule has 0 atom stereocenters. The Morgan fingerprint density at radius 2 is 1.77 bits per heavy atom. The number of carbonyl (C=O) groups excluding carboxylic acids is 1. The Morgan fingerprint density at radius 3 is 2.40 bits per heavy atom. The molecule has 3 heterocycles. The van der Waals surface area contributed by atoms with E-state index in [0.29, 0.717) is 23.0 Å². The van der Waals surface area contributed by atoms with E-state index in [1.54, 1.807) is 21.8 Å². The molecule has 1 saturated heterocycles. The monoisotopic (exact) mass is 464 g/mol. The van der Waals surface area contributed by atoms with Gasteiger partial charge in [0.05, 0.1) is 27.5 Å². The predicted molar refractivity (Wildman–Crippen MR) is 117 cm³/mol. The van der Waals surface area contributed by atoms with Crippen LogP contribution in [0.25, 0.3) is 5.69 Å². The summed E-state index contributed by atoms with van der Waals surface area (Å²) in [6, 6.07) is 11.0. The lowest BCUT2D eigenvalue weighted by Crippen LogP contribution is -2.50. The standard InChI is InChI=1S/C20H21ClN4O3S2/c1-14-5-3-4-6-17(14)25-15(2)16(13-22-25)20(26)23-9-11-24(12-10-23)30(27,28)19-8-7-18(21)29-19/h3-8,13H,9-12H2,1-2H3. The molecule has 158 valence electrons. The summed E-state index contributed by atoms with van der Waals surface area (Å²) >= 11 is 6.92. The Kier molecular flexibility index (Phi) is 5.71. The van der Waals surface area contributed by atoms with Gasteiger partial charge in [0.25, 0.3) is 15.9 Å². The highest BCUT2D eigenvalue weighted by molar-refractivity contribution is 7.91. The molecular formula is C20H21ClN4O3S2. The Labute approximate surface area is 184 Å². The number of amides is 1. The number of hydrogen-bond acceptors (Lipinski definition) is 5. The van der Waals surface area contributed by atoms with E-state index in [-0.39, 0.29) is 23.2 Å². The van der Waals surface area contributed by atoms with E-state index in [9.17, 15) is 13.2 Å². The minimum Gasteiger partial charge on any atom is -0.336 e. The molecule has 10 heteroatoms. The van der Waals surface area contributed by atoms with Gasteiger partial charge in [-0.1, -0.05) is 29.8 Å². The molecule has 7 nitrogen and oxygen atoms in total. The molecule has 1 fully saturated rings. The highest BCUT2D eigenvalue weighted by atomic mass is 35.5. The Hall–Kier alpha value is -2.20. The van der Waals surface area contributed by atoms with Crippen LogP contribution in [0.4, 0.5) is 0 Å². The molecule has 1 aliphatic heterocycles. The number of piperazine rings is 1. The molecule has 30 heavy (non-hydrogen) atoms. The molecule has 2 aromatic heterocycles. The lowest BCUT2D eigenvalue weighted by atomic mass is 10.2. The summed E-state index contributed by atoms with van der Waals surface area (Å²) in [7, 11) is -3.59. The molecular weight excluding hydrogens is 444 g/mol. The van der Waals surface area contributed by atoms with E-state index < -0.39 is 10.0 Å². The zero-order chi connectivity index (χ0) is 21.5. The number of halogens is 1. The van der Waals surface area contributed by atoms with E-state index in [0.717, 1.165) is 28.3 Å². The van der Waals surface area contributed by atoms with Crippen LogP contribution in [0, 0.1) is 13.8 Å². The normalized spacial score (nSPS) is 15.5. The minimum absolute atomic E-state index is 0.136. The summed E-state index contributed by atoms with van der Waals surface area (Å²) in [4.78, 5) is 14.7. The van der Waals surface area contributed by atoms with Crippen molar-refractivity contribution in [3.63, 3.8) is 0 Å². The number of para-hydroxylation sites is 1. The number of aryl methyl sites for hydroxylation is 1. The number of hydrogen-bond donors (Lipinski definition) is 0. The molecule has 1 aliphatic rings. The number of sulfonamides is 1. The van der Waals surface area contributed by atoms with Crippen LogP contribution in [0.5, 0.6) is 0 Å². The first-order chi connectivity index (χ1) is 14.3. The van der Waals surface area contributed by atoms with E-state index >= 15 is 0 Å². The SMILES string of the molecule is Cc1ccccc1-n1ncc(C(=O)N2CCN(S(=O)(=O)c3ccc(Cl)s3)CC2)c1C. The third-order valence-electron chi connectivity index (χ3n) is 5.25. The average molecular weight is 465 g/mol. The predicted octanol–water partition coefficient (Wildman–Crippen LogP) is 3.35. The summed E-state index contributed by atoms with van der Waals surface area (Å²) in [5.41, 5.74) is 3.28. The van der Waals surface area contributed by atoms with Crippen LogP contribution < -0.4 is 0 Å². The highest BCUT2D eigenvalue weighted by Crippen LogP contribution is 2.29. The zero-order valence-corrected chi connectivity index (χ0v) is 19.0. The summed E-state index contributed by atoms with van der Waals surface area (Å²) in [6.07, 6.45) is 1.58. The van der Waals surface area contributed by atoms with Gasteiger partial charge in [0, 0.05) is 26.2 Å². The lowest BCUT2D eigenvalue weighted by molar-refractivity contribution is 0.0697. The van der Waals surface area contributed by atoms with Crippen molar-refractivity contribution in [3.05, 3.63) is 63.8 Å². The summed E-state index contributed by atoms with van der Waals surface area (Å²) < 4.78 is 29.3. The highest BCUT2D eigenvalue weighted by Gasteiger charge is 2.32. The second-order valence-electron chi connectivity index (χ2n) is 7.10. The first-order valence-electron chi connectivity index (χ1n) is 9.44. The van der Waals surface area contributed by atoms with Gasteiger partial charge in [0.2, 0.25) is 0 Å². The summed E-state index contributed by atoms with van der Waals surface area (Å²) in [5, 5.41) is 4.41. The number of benzene rings is 1. The van der Waals surface area contributed by atoms with Crippen molar-refractivity contribution in [2.24, 2.45) is 0 Å². The smallest absolute Gasteiger partial charge is 0.257 e. The van der Waals surface area contributed by atoms with Crippen LogP contribution in [-0.4, -0.2) is 59.5 Å². The number of aromatic nitrogens is 2. The molecule has 0 bridgehead atoms. The molecule has 0 radical (unpaired) electrons. The maximum absolute atomic E-state index is 13.1. The van der Waals surface area contributed by atoms with Crippen molar-refractivity contribution in [1.82, 2.24) is 19.0 Å². The second kappa shape index (κ2) is 8.14. The molecule has 1 aromatic carbocycles. The molecule has 0 N–H and O–H groups in total. The van der Waals surface area contributed by atoms with E-state index in [1.807, 2.05) is 38.1 Å². The Balaban J connectivity index is 1.48. The molecule has 0 aliphatic carbocycles. The Morgan fingerprint density at radius 1 is 1.07 bits per heavy atom. The number of nitrogens with zero attached hydrogens (tertiary/aromatic N) is 4. The van der Waals surface area contributed by atoms with Crippen LogP contribution in [-0.2, 0) is 10.0 Å². The van der Waals surface area contributed by atoms with Gasteiger partial charge in [-0.15, -0.1) is 11.3 Å². The number of thiophene rings is 1. The van der Waals surface area contributed by atoms with Crippen LogP contribution in [0.15, 0.2) is 46.8 Å². The molecule has 0 unspecified atom stereocenters.